The summed E-state index contributed by atoms with van der Waals surface area (Å²) in [5.41, 5.74) is 1.09. The largest absolute Gasteiger partial charge is 0.495 e. The van der Waals surface area contributed by atoms with E-state index in [1.807, 2.05) is 23.1 Å². The molecule has 1 aromatic carbocycles. The van der Waals surface area contributed by atoms with Gasteiger partial charge < -0.3 is 24.6 Å². The van der Waals surface area contributed by atoms with Gasteiger partial charge in [-0.15, -0.1) is 0 Å². The lowest BCUT2D eigenvalue weighted by molar-refractivity contribution is 0.107. The molecule has 1 fully saturated rings. The van der Waals surface area contributed by atoms with Crippen molar-refractivity contribution in [2.24, 2.45) is 5.92 Å². The van der Waals surface area contributed by atoms with Crippen LogP contribution in [0.2, 0.25) is 0 Å². The number of rotatable bonds is 8. The second kappa shape index (κ2) is 10.1. The van der Waals surface area contributed by atoms with Crippen molar-refractivity contribution in [3.05, 3.63) is 24.3 Å². The lowest BCUT2D eigenvalue weighted by atomic mass is 10.2. The van der Waals surface area contributed by atoms with Crippen LogP contribution in [0.4, 0.5) is 10.5 Å². The van der Waals surface area contributed by atoms with Crippen LogP contribution in [-0.2, 0) is 4.74 Å². The number of amides is 2. The molecule has 140 valence electrons. The van der Waals surface area contributed by atoms with Crippen LogP contribution < -0.4 is 15.0 Å². The Balaban J connectivity index is 1.68. The number of urea groups is 1. The van der Waals surface area contributed by atoms with Crippen LogP contribution in [0.3, 0.4) is 0 Å². The Labute approximate surface area is 151 Å². The molecule has 1 aliphatic rings. The van der Waals surface area contributed by atoms with Crippen molar-refractivity contribution in [3.8, 4) is 5.75 Å². The van der Waals surface area contributed by atoms with Gasteiger partial charge in [-0.3, -0.25) is 0 Å². The third kappa shape index (κ3) is 6.12. The number of methoxy groups -OCH3 is 1. The second-order valence-corrected chi connectivity index (χ2v) is 6.70. The number of piperazine rings is 1. The third-order valence-electron chi connectivity index (χ3n) is 4.19. The zero-order valence-electron chi connectivity index (χ0n) is 15.7. The summed E-state index contributed by atoms with van der Waals surface area (Å²) in [6, 6.07) is 8.03. The van der Waals surface area contributed by atoms with Crippen LogP contribution in [0.15, 0.2) is 24.3 Å². The highest BCUT2D eigenvalue weighted by Gasteiger charge is 2.22. The zero-order chi connectivity index (χ0) is 18.1. The van der Waals surface area contributed by atoms with Gasteiger partial charge in [0, 0.05) is 45.9 Å². The van der Waals surface area contributed by atoms with E-state index in [4.69, 9.17) is 9.47 Å². The van der Waals surface area contributed by atoms with Gasteiger partial charge in [0.15, 0.2) is 0 Å². The maximum Gasteiger partial charge on any atom is 0.317 e. The summed E-state index contributed by atoms with van der Waals surface area (Å²) in [7, 11) is 1.69. The van der Waals surface area contributed by atoms with Crippen LogP contribution in [0.25, 0.3) is 0 Å². The first-order valence-electron chi connectivity index (χ1n) is 9.10. The van der Waals surface area contributed by atoms with E-state index in [2.05, 4.69) is 30.1 Å². The van der Waals surface area contributed by atoms with Crippen molar-refractivity contribution in [2.75, 3.05) is 57.9 Å². The summed E-state index contributed by atoms with van der Waals surface area (Å²) >= 11 is 0. The molecule has 0 bridgehead atoms. The SMILES string of the molecule is COc1ccccc1N1CCN(C(=O)NCCCOCC(C)C)CC1. The number of para-hydroxylation sites is 2. The fourth-order valence-electron chi connectivity index (χ4n) is 2.84. The van der Waals surface area contributed by atoms with Crippen molar-refractivity contribution >= 4 is 11.7 Å². The highest BCUT2D eigenvalue weighted by molar-refractivity contribution is 5.74. The predicted octanol–water partition coefficient (Wildman–Crippen LogP) is 2.59. The Hall–Kier alpha value is -1.95. The fraction of sp³-hybridized carbons (Fsp3) is 0.632. The predicted molar refractivity (Wildman–Crippen MR) is 100 cm³/mol. The Kier molecular flexibility index (Phi) is 7.85. The highest BCUT2D eigenvalue weighted by atomic mass is 16.5. The molecule has 0 aliphatic carbocycles. The molecule has 2 rings (SSSR count). The Bertz CT molecular complexity index is 528. The first-order chi connectivity index (χ1) is 12.1. The van der Waals surface area contributed by atoms with Crippen molar-refractivity contribution in [1.29, 1.82) is 0 Å². The molecule has 2 amide bonds. The maximum atomic E-state index is 12.2. The lowest BCUT2D eigenvalue weighted by Gasteiger charge is -2.36. The fourth-order valence-corrected chi connectivity index (χ4v) is 2.84. The van der Waals surface area contributed by atoms with E-state index in [1.165, 1.54) is 0 Å². The summed E-state index contributed by atoms with van der Waals surface area (Å²) in [6.45, 7) is 9.44. The maximum absolute atomic E-state index is 12.2. The molecule has 1 heterocycles. The van der Waals surface area contributed by atoms with E-state index in [0.717, 1.165) is 37.6 Å². The van der Waals surface area contributed by atoms with Crippen molar-refractivity contribution < 1.29 is 14.3 Å². The normalized spacial score (nSPS) is 14.7. The Morgan fingerprint density at radius 1 is 1.20 bits per heavy atom. The number of hydrogen-bond donors (Lipinski definition) is 1. The van der Waals surface area contributed by atoms with E-state index >= 15 is 0 Å². The molecule has 1 aromatic rings. The molecule has 0 atom stereocenters. The van der Waals surface area contributed by atoms with E-state index in [9.17, 15) is 4.79 Å². The molecule has 1 saturated heterocycles. The molecular weight excluding hydrogens is 318 g/mol. The number of carbonyl (C=O) groups excluding carboxylic acids is 1. The summed E-state index contributed by atoms with van der Waals surface area (Å²) < 4.78 is 11.0. The molecule has 0 unspecified atom stereocenters. The number of benzene rings is 1. The topological polar surface area (TPSA) is 54.0 Å². The molecule has 25 heavy (non-hydrogen) atoms. The molecule has 1 aliphatic heterocycles. The minimum Gasteiger partial charge on any atom is -0.495 e. The smallest absolute Gasteiger partial charge is 0.317 e. The minimum atomic E-state index is 0.0172. The van der Waals surface area contributed by atoms with Crippen molar-refractivity contribution in [2.45, 2.75) is 20.3 Å². The number of carbonyl (C=O) groups is 1. The molecular formula is C19H31N3O3. The average molecular weight is 349 g/mol. The van der Waals surface area contributed by atoms with E-state index in [-0.39, 0.29) is 6.03 Å². The Morgan fingerprint density at radius 3 is 2.60 bits per heavy atom. The van der Waals surface area contributed by atoms with Crippen LogP contribution in [-0.4, -0.2) is 64.0 Å². The van der Waals surface area contributed by atoms with Gasteiger partial charge in [-0.25, -0.2) is 4.79 Å². The quantitative estimate of drug-likeness (QED) is 0.733. The zero-order valence-corrected chi connectivity index (χ0v) is 15.7. The number of nitrogens with one attached hydrogen (secondary N) is 1. The first-order valence-corrected chi connectivity index (χ1v) is 9.10. The van der Waals surface area contributed by atoms with Gasteiger partial charge in [-0.05, 0) is 24.5 Å². The molecule has 0 spiro atoms. The lowest BCUT2D eigenvalue weighted by Crippen LogP contribution is -2.52. The standard InChI is InChI=1S/C19H31N3O3/c1-16(2)15-25-14-6-9-20-19(23)22-12-10-21(11-13-22)17-7-4-5-8-18(17)24-3/h4-5,7-8,16H,6,9-15H2,1-3H3,(H,20,23). The van der Waals surface area contributed by atoms with Crippen molar-refractivity contribution in [1.82, 2.24) is 10.2 Å². The Morgan fingerprint density at radius 2 is 1.92 bits per heavy atom. The van der Waals surface area contributed by atoms with Gasteiger partial charge in [0.2, 0.25) is 0 Å². The van der Waals surface area contributed by atoms with Crippen LogP contribution in [0.5, 0.6) is 5.75 Å². The number of nitrogens with zero attached hydrogens (tertiary/aromatic N) is 2. The van der Waals surface area contributed by atoms with Gasteiger partial charge in [0.1, 0.15) is 5.75 Å². The highest BCUT2D eigenvalue weighted by Crippen LogP contribution is 2.28. The van der Waals surface area contributed by atoms with Crippen LogP contribution in [0.1, 0.15) is 20.3 Å². The molecule has 1 N–H and O–H groups in total. The van der Waals surface area contributed by atoms with Gasteiger partial charge in [-0.1, -0.05) is 26.0 Å². The number of ether oxygens (including phenoxy) is 2. The summed E-state index contributed by atoms with van der Waals surface area (Å²) in [5.74, 6) is 1.43. The average Bonchev–Trinajstić information content (AvgIpc) is 2.64. The molecule has 6 heteroatoms. The monoisotopic (exact) mass is 349 g/mol. The van der Waals surface area contributed by atoms with Gasteiger partial charge in [0.25, 0.3) is 0 Å². The van der Waals surface area contributed by atoms with Crippen LogP contribution >= 0.6 is 0 Å². The molecule has 6 nitrogen and oxygen atoms in total. The van der Waals surface area contributed by atoms with Gasteiger partial charge >= 0.3 is 6.03 Å². The van der Waals surface area contributed by atoms with Gasteiger partial charge in [0.05, 0.1) is 12.8 Å². The van der Waals surface area contributed by atoms with E-state index in [0.29, 0.717) is 32.2 Å². The first kappa shape index (κ1) is 19.4. The van der Waals surface area contributed by atoms with Crippen LogP contribution in [0, 0.1) is 5.92 Å². The third-order valence-corrected chi connectivity index (χ3v) is 4.19. The number of anilines is 1. The summed E-state index contributed by atoms with van der Waals surface area (Å²) in [5, 5.41) is 2.98. The van der Waals surface area contributed by atoms with E-state index in [1.54, 1.807) is 7.11 Å². The van der Waals surface area contributed by atoms with Gasteiger partial charge in [-0.2, -0.15) is 0 Å². The minimum absolute atomic E-state index is 0.0172. The summed E-state index contributed by atoms with van der Waals surface area (Å²) in [4.78, 5) is 16.4. The summed E-state index contributed by atoms with van der Waals surface area (Å²) in [6.07, 6.45) is 0.847. The second-order valence-electron chi connectivity index (χ2n) is 6.70. The van der Waals surface area contributed by atoms with Crippen molar-refractivity contribution in [3.63, 3.8) is 0 Å². The molecule has 0 aromatic heterocycles. The molecule has 0 saturated carbocycles. The number of hydrogen-bond acceptors (Lipinski definition) is 4. The van der Waals surface area contributed by atoms with E-state index < -0.39 is 0 Å². The molecule has 0 radical (unpaired) electrons.